The highest BCUT2D eigenvalue weighted by atomic mass is 16.5. The maximum atomic E-state index is 12.4. The zero-order chi connectivity index (χ0) is 14.4. The van der Waals surface area contributed by atoms with Crippen LogP contribution in [0.4, 0.5) is 0 Å². The summed E-state index contributed by atoms with van der Waals surface area (Å²) >= 11 is 0. The van der Waals surface area contributed by atoms with Gasteiger partial charge in [0, 0.05) is 19.1 Å². The third-order valence-electron chi connectivity index (χ3n) is 4.47. The zero-order valence-corrected chi connectivity index (χ0v) is 12.8. The molecule has 2 atom stereocenters. The summed E-state index contributed by atoms with van der Waals surface area (Å²) in [5.74, 6) is -0.0696. The van der Waals surface area contributed by atoms with E-state index in [1.165, 1.54) is 6.42 Å². The fourth-order valence-electron chi connectivity index (χ4n) is 3.53. The van der Waals surface area contributed by atoms with Crippen LogP contribution >= 0.6 is 0 Å². The van der Waals surface area contributed by atoms with Gasteiger partial charge in [-0.15, -0.1) is 0 Å². The third-order valence-corrected chi connectivity index (χ3v) is 4.47. The van der Waals surface area contributed by atoms with Crippen LogP contribution in [0, 0.1) is 0 Å². The first kappa shape index (κ1) is 15.7. The van der Waals surface area contributed by atoms with Crippen LogP contribution in [0.3, 0.4) is 0 Å². The number of nitrogens with zero attached hydrogens (tertiary/aromatic N) is 1. The van der Waals surface area contributed by atoms with Crippen LogP contribution in [-0.2, 0) is 14.3 Å². The van der Waals surface area contributed by atoms with Gasteiger partial charge in [0.25, 0.3) is 0 Å². The van der Waals surface area contributed by atoms with E-state index in [2.05, 4.69) is 17.1 Å². The number of nitrogens with one attached hydrogen (secondary N) is 1. The van der Waals surface area contributed by atoms with Crippen molar-refractivity contribution in [3.05, 3.63) is 0 Å². The van der Waals surface area contributed by atoms with Crippen LogP contribution < -0.4 is 5.32 Å². The highest BCUT2D eigenvalue weighted by molar-refractivity contribution is 5.81. The minimum Gasteiger partial charge on any atom is -0.465 e. The number of morpholine rings is 1. The van der Waals surface area contributed by atoms with Gasteiger partial charge in [-0.25, -0.2) is 0 Å². The summed E-state index contributed by atoms with van der Waals surface area (Å²) in [5.41, 5.74) is -0.480. The Bertz CT molecular complexity index is 314. The number of hydrogen-bond acceptors (Lipinski definition) is 5. The Morgan fingerprint density at radius 3 is 2.80 bits per heavy atom. The Morgan fingerprint density at radius 1 is 1.40 bits per heavy atom. The number of hydrogen-bond donors (Lipinski definition) is 1. The van der Waals surface area contributed by atoms with Gasteiger partial charge < -0.3 is 14.8 Å². The standard InChI is InChI=1S/C15H28N2O3/c1-3-16-15(14(18)20-4-2)7-5-6-13(12-15)17-8-10-19-11-9-17/h13,16H,3-12H2,1-2H3. The maximum absolute atomic E-state index is 12.4. The van der Waals surface area contributed by atoms with Crippen LogP contribution in [0.25, 0.3) is 0 Å². The van der Waals surface area contributed by atoms with Crippen molar-refractivity contribution in [3.8, 4) is 0 Å². The molecule has 116 valence electrons. The fourth-order valence-corrected chi connectivity index (χ4v) is 3.53. The van der Waals surface area contributed by atoms with Crippen molar-refractivity contribution >= 4 is 5.97 Å². The number of carbonyl (C=O) groups is 1. The zero-order valence-electron chi connectivity index (χ0n) is 12.8. The predicted molar refractivity (Wildman–Crippen MR) is 77.7 cm³/mol. The third kappa shape index (κ3) is 3.51. The van der Waals surface area contributed by atoms with E-state index in [0.29, 0.717) is 12.6 Å². The van der Waals surface area contributed by atoms with Gasteiger partial charge in [0.1, 0.15) is 5.54 Å². The van der Waals surface area contributed by atoms with Crippen molar-refractivity contribution in [1.29, 1.82) is 0 Å². The van der Waals surface area contributed by atoms with Crippen LogP contribution in [0.1, 0.15) is 39.5 Å². The molecule has 1 aliphatic carbocycles. The summed E-state index contributed by atoms with van der Waals surface area (Å²) < 4.78 is 10.8. The van der Waals surface area contributed by atoms with Crippen LogP contribution in [0.15, 0.2) is 0 Å². The van der Waals surface area contributed by atoms with Crippen molar-refractivity contribution in [2.75, 3.05) is 39.5 Å². The Hall–Kier alpha value is -0.650. The molecule has 5 heteroatoms. The highest BCUT2D eigenvalue weighted by Gasteiger charge is 2.44. The number of rotatable bonds is 5. The smallest absolute Gasteiger partial charge is 0.326 e. The number of likely N-dealkylation sites (N-methyl/N-ethyl adjacent to an activating group) is 1. The second-order valence-electron chi connectivity index (χ2n) is 5.73. The molecule has 1 saturated carbocycles. The lowest BCUT2D eigenvalue weighted by atomic mass is 9.78. The van der Waals surface area contributed by atoms with Gasteiger partial charge >= 0.3 is 5.97 Å². The Morgan fingerprint density at radius 2 is 2.15 bits per heavy atom. The number of ether oxygens (including phenoxy) is 2. The molecule has 2 unspecified atom stereocenters. The van der Waals surface area contributed by atoms with E-state index in [1.807, 2.05) is 6.92 Å². The average molecular weight is 284 g/mol. The molecule has 0 radical (unpaired) electrons. The predicted octanol–water partition coefficient (Wildman–Crippen LogP) is 1.17. The lowest BCUT2D eigenvalue weighted by Gasteiger charge is -2.44. The molecule has 0 bridgehead atoms. The van der Waals surface area contributed by atoms with Crippen molar-refractivity contribution in [2.24, 2.45) is 0 Å². The molecule has 2 rings (SSSR count). The maximum Gasteiger partial charge on any atom is 0.326 e. The lowest BCUT2D eigenvalue weighted by Crippen LogP contribution is -2.59. The molecule has 2 fully saturated rings. The summed E-state index contributed by atoms with van der Waals surface area (Å²) in [5, 5.41) is 3.42. The molecule has 20 heavy (non-hydrogen) atoms. The van der Waals surface area contributed by atoms with E-state index >= 15 is 0 Å². The number of esters is 1. The van der Waals surface area contributed by atoms with Crippen molar-refractivity contribution < 1.29 is 14.3 Å². The Balaban J connectivity index is 2.05. The average Bonchev–Trinajstić information content (AvgIpc) is 2.49. The molecule has 1 aliphatic heterocycles. The van der Waals surface area contributed by atoms with E-state index < -0.39 is 5.54 Å². The molecular weight excluding hydrogens is 256 g/mol. The van der Waals surface area contributed by atoms with Gasteiger partial charge in [-0.3, -0.25) is 9.69 Å². The van der Waals surface area contributed by atoms with Gasteiger partial charge in [-0.05, 0) is 39.2 Å². The Kier molecular flexibility index (Phi) is 5.81. The summed E-state index contributed by atoms with van der Waals surface area (Å²) in [7, 11) is 0. The lowest BCUT2D eigenvalue weighted by molar-refractivity contribution is -0.154. The first-order valence-corrected chi connectivity index (χ1v) is 7.96. The van der Waals surface area contributed by atoms with Crippen LogP contribution in [-0.4, -0.2) is 61.9 Å². The second kappa shape index (κ2) is 7.38. The molecule has 0 amide bonds. The molecule has 1 N–H and O–H groups in total. The minimum atomic E-state index is -0.480. The van der Waals surface area contributed by atoms with E-state index in [9.17, 15) is 4.79 Å². The van der Waals surface area contributed by atoms with Gasteiger partial charge in [-0.2, -0.15) is 0 Å². The highest BCUT2D eigenvalue weighted by Crippen LogP contribution is 2.32. The first-order valence-electron chi connectivity index (χ1n) is 7.96. The van der Waals surface area contributed by atoms with Gasteiger partial charge in [0.05, 0.1) is 19.8 Å². The van der Waals surface area contributed by atoms with Gasteiger partial charge in [0.2, 0.25) is 0 Å². The molecule has 0 aromatic carbocycles. The summed E-state index contributed by atoms with van der Waals surface area (Å²) in [6.07, 6.45) is 4.00. The SMILES string of the molecule is CCNC1(C(=O)OCC)CCCC(N2CCOCC2)C1. The summed E-state index contributed by atoms with van der Waals surface area (Å²) in [6, 6.07) is 0.469. The minimum absolute atomic E-state index is 0.0696. The molecule has 1 saturated heterocycles. The summed E-state index contributed by atoms with van der Waals surface area (Å²) in [6.45, 7) is 8.77. The molecule has 0 spiro atoms. The molecular formula is C15H28N2O3. The van der Waals surface area contributed by atoms with E-state index in [-0.39, 0.29) is 5.97 Å². The van der Waals surface area contributed by atoms with E-state index in [4.69, 9.17) is 9.47 Å². The van der Waals surface area contributed by atoms with E-state index in [1.54, 1.807) is 0 Å². The summed E-state index contributed by atoms with van der Waals surface area (Å²) in [4.78, 5) is 14.9. The van der Waals surface area contributed by atoms with Crippen molar-refractivity contribution in [2.45, 2.75) is 51.1 Å². The van der Waals surface area contributed by atoms with Gasteiger partial charge in [0.15, 0.2) is 0 Å². The Labute approximate surface area is 122 Å². The quantitative estimate of drug-likeness (QED) is 0.768. The second-order valence-corrected chi connectivity index (χ2v) is 5.73. The molecule has 0 aromatic heterocycles. The fraction of sp³-hybridized carbons (Fsp3) is 0.933. The molecule has 1 heterocycles. The topological polar surface area (TPSA) is 50.8 Å². The molecule has 5 nitrogen and oxygen atoms in total. The van der Waals surface area contributed by atoms with Crippen LogP contribution in [0.2, 0.25) is 0 Å². The largest absolute Gasteiger partial charge is 0.465 e. The van der Waals surface area contributed by atoms with Crippen molar-refractivity contribution in [1.82, 2.24) is 10.2 Å². The molecule has 0 aromatic rings. The number of carbonyl (C=O) groups excluding carboxylic acids is 1. The monoisotopic (exact) mass is 284 g/mol. The van der Waals surface area contributed by atoms with Crippen molar-refractivity contribution in [3.63, 3.8) is 0 Å². The first-order chi connectivity index (χ1) is 9.72. The normalized spacial score (nSPS) is 32.0. The van der Waals surface area contributed by atoms with E-state index in [0.717, 1.165) is 52.1 Å². The van der Waals surface area contributed by atoms with Crippen LogP contribution in [0.5, 0.6) is 0 Å². The molecule has 2 aliphatic rings. The van der Waals surface area contributed by atoms with Gasteiger partial charge in [-0.1, -0.05) is 6.92 Å².